The zero-order valence-corrected chi connectivity index (χ0v) is 17.5. The van der Waals surface area contributed by atoms with Crippen LogP contribution in [-0.4, -0.2) is 20.6 Å². The first-order valence-electron chi connectivity index (χ1n) is 8.82. The highest BCUT2D eigenvalue weighted by molar-refractivity contribution is 7.89. The summed E-state index contributed by atoms with van der Waals surface area (Å²) in [6.07, 6.45) is 1.15. The summed E-state index contributed by atoms with van der Waals surface area (Å²) in [4.78, 5) is 12.7. The fraction of sp³-hybridized carbons (Fsp3) is 0.136. The summed E-state index contributed by atoms with van der Waals surface area (Å²) in [5.41, 5.74) is 2.34. The molecule has 7 heteroatoms. The van der Waals surface area contributed by atoms with Crippen LogP contribution >= 0.6 is 11.6 Å². The van der Waals surface area contributed by atoms with Crippen LogP contribution in [0.2, 0.25) is 5.02 Å². The van der Waals surface area contributed by atoms with Crippen LogP contribution in [0.3, 0.4) is 0 Å². The lowest BCUT2D eigenvalue weighted by atomic mass is 10.1. The van der Waals surface area contributed by atoms with Gasteiger partial charge in [-0.1, -0.05) is 35.9 Å². The quantitative estimate of drug-likeness (QED) is 0.581. The molecule has 0 saturated heterocycles. The topological polar surface area (TPSA) is 72.5 Å². The van der Waals surface area contributed by atoms with Crippen molar-refractivity contribution in [1.29, 1.82) is 0 Å². The van der Waals surface area contributed by atoms with Gasteiger partial charge in [0.1, 0.15) is 5.75 Å². The molecule has 0 spiro atoms. The van der Waals surface area contributed by atoms with Gasteiger partial charge in [-0.15, -0.1) is 0 Å². The van der Waals surface area contributed by atoms with E-state index in [-0.39, 0.29) is 5.75 Å². The van der Waals surface area contributed by atoms with Gasteiger partial charge in [-0.2, -0.15) is 0 Å². The average molecular weight is 430 g/mol. The summed E-state index contributed by atoms with van der Waals surface area (Å²) < 4.78 is 29.0. The molecule has 150 valence electrons. The molecule has 3 aromatic rings. The lowest BCUT2D eigenvalue weighted by Crippen LogP contribution is -2.13. The van der Waals surface area contributed by atoms with E-state index >= 15 is 0 Å². The minimum atomic E-state index is -3.20. The minimum absolute atomic E-state index is 0.132. The van der Waals surface area contributed by atoms with Gasteiger partial charge in [0.05, 0.1) is 11.4 Å². The van der Waals surface area contributed by atoms with Crippen molar-refractivity contribution in [3.05, 3.63) is 88.4 Å². The van der Waals surface area contributed by atoms with E-state index in [1.54, 1.807) is 42.5 Å². The van der Waals surface area contributed by atoms with Crippen molar-refractivity contribution < 1.29 is 17.9 Å². The second-order valence-corrected chi connectivity index (χ2v) is 9.36. The molecule has 0 aliphatic carbocycles. The van der Waals surface area contributed by atoms with Crippen molar-refractivity contribution in [2.45, 2.75) is 12.7 Å². The number of carbonyl (C=O) groups excluding carboxylic acids is 1. The second-order valence-electron chi connectivity index (χ2n) is 6.78. The van der Waals surface area contributed by atoms with Crippen LogP contribution in [-0.2, 0) is 15.6 Å². The highest BCUT2D eigenvalue weighted by Crippen LogP contribution is 2.32. The van der Waals surface area contributed by atoms with Gasteiger partial charge in [0.25, 0.3) is 5.91 Å². The van der Waals surface area contributed by atoms with Crippen LogP contribution < -0.4 is 10.1 Å². The molecule has 0 atom stereocenters. The van der Waals surface area contributed by atoms with E-state index in [1.165, 1.54) is 0 Å². The third-order valence-corrected chi connectivity index (χ3v) is 5.12. The summed E-state index contributed by atoms with van der Waals surface area (Å²) in [5.74, 6) is 0.558. The molecule has 3 aromatic carbocycles. The molecule has 29 heavy (non-hydrogen) atoms. The van der Waals surface area contributed by atoms with E-state index in [9.17, 15) is 13.2 Å². The Hall–Kier alpha value is -2.83. The SMILES string of the molecule is Cc1cccc(Oc2ccc(Cl)cc2NC(=O)c2cccc(CS(C)(=O)=O)c2)c1. The molecule has 0 saturated carbocycles. The maximum absolute atomic E-state index is 12.7. The highest BCUT2D eigenvalue weighted by atomic mass is 35.5. The molecule has 0 radical (unpaired) electrons. The Morgan fingerprint density at radius 2 is 1.79 bits per heavy atom. The predicted octanol–water partition coefficient (Wildman–Crippen LogP) is 5.24. The van der Waals surface area contributed by atoms with Crippen LogP contribution in [0.25, 0.3) is 0 Å². The van der Waals surface area contributed by atoms with Crippen LogP contribution in [0, 0.1) is 6.92 Å². The van der Waals surface area contributed by atoms with Crippen molar-refractivity contribution >= 4 is 33.0 Å². The van der Waals surface area contributed by atoms with E-state index in [0.29, 0.717) is 33.3 Å². The first-order chi connectivity index (χ1) is 13.7. The van der Waals surface area contributed by atoms with Crippen molar-refractivity contribution in [1.82, 2.24) is 0 Å². The molecule has 1 N–H and O–H groups in total. The van der Waals surface area contributed by atoms with Gasteiger partial charge in [0, 0.05) is 16.8 Å². The number of nitrogens with one attached hydrogen (secondary N) is 1. The second kappa shape index (κ2) is 8.68. The fourth-order valence-corrected chi connectivity index (χ4v) is 3.75. The molecule has 0 aliphatic rings. The number of rotatable bonds is 6. The van der Waals surface area contributed by atoms with Crippen LogP contribution in [0.15, 0.2) is 66.7 Å². The maximum atomic E-state index is 12.7. The Balaban J connectivity index is 1.85. The highest BCUT2D eigenvalue weighted by Gasteiger charge is 2.13. The maximum Gasteiger partial charge on any atom is 0.255 e. The summed E-state index contributed by atoms with van der Waals surface area (Å²) in [7, 11) is -3.20. The Labute approximate surface area is 175 Å². The lowest BCUT2D eigenvalue weighted by molar-refractivity contribution is 0.102. The molecular weight excluding hydrogens is 410 g/mol. The Morgan fingerprint density at radius 3 is 2.52 bits per heavy atom. The average Bonchev–Trinajstić information content (AvgIpc) is 2.63. The lowest BCUT2D eigenvalue weighted by Gasteiger charge is -2.13. The van der Waals surface area contributed by atoms with Gasteiger partial charge in [-0.3, -0.25) is 4.79 Å². The smallest absolute Gasteiger partial charge is 0.255 e. The molecule has 0 fully saturated rings. The van der Waals surface area contributed by atoms with Gasteiger partial charge in [-0.05, 0) is 60.5 Å². The molecule has 0 aromatic heterocycles. The van der Waals surface area contributed by atoms with E-state index in [4.69, 9.17) is 16.3 Å². The predicted molar refractivity (Wildman–Crippen MR) is 116 cm³/mol. The molecule has 1 amide bonds. The number of benzene rings is 3. The molecule has 3 rings (SSSR count). The van der Waals surface area contributed by atoms with E-state index in [0.717, 1.165) is 11.8 Å². The number of sulfone groups is 1. The number of hydrogen-bond donors (Lipinski definition) is 1. The Morgan fingerprint density at radius 1 is 1.03 bits per heavy atom. The summed E-state index contributed by atoms with van der Waals surface area (Å²) >= 11 is 6.10. The van der Waals surface area contributed by atoms with Gasteiger partial charge in [0.2, 0.25) is 0 Å². The zero-order valence-electron chi connectivity index (χ0n) is 16.0. The monoisotopic (exact) mass is 429 g/mol. The number of carbonyl (C=O) groups is 1. The third-order valence-electron chi connectivity index (χ3n) is 4.03. The normalized spacial score (nSPS) is 11.1. The first kappa shape index (κ1) is 20.9. The fourth-order valence-electron chi connectivity index (χ4n) is 2.79. The molecule has 0 aliphatic heterocycles. The zero-order chi connectivity index (χ0) is 21.0. The van der Waals surface area contributed by atoms with Crippen LogP contribution in [0.4, 0.5) is 5.69 Å². The summed E-state index contributed by atoms with van der Waals surface area (Å²) in [6, 6.07) is 19.0. The molecule has 5 nitrogen and oxygen atoms in total. The molecule has 0 heterocycles. The standard InChI is InChI=1S/C22H20ClNO4S/c1-15-5-3-8-19(11-15)28-21-10-9-18(23)13-20(21)24-22(25)17-7-4-6-16(12-17)14-29(2,26)27/h3-13H,14H2,1-2H3,(H,24,25). The molecule has 0 bridgehead atoms. The number of ether oxygens (including phenoxy) is 1. The van der Waals surface area contributed by atoms with Crippen molar-refractivity contribution in [2.24, 2.45) is 0 Å². The van der Waals surface area contributed by atoms with E-state index < -0.39 is 15.7 Å². The number of amides is 1. The van der Waals surface area contributed by atoms with Gasteiger partial charge < -0.3 is 10.1 Å². The minimum Gasteiger partial charge on any atom is -0.455 e. The first-order valence-corrected chi connectivity index (χ1v) is 11.3. The summed E-state index contributed by atoms with van der Waals surface area (Å²) in [6.45, 7) is 1.96. The molecule has 0 unspecified atom stereocenters. The van der Waals surface area contributed by atoms with E-state index in [2.05, 4.69) is 5.32 Å². The third kappa shape index (κ3) is 6.07. The van der Waals surface area contributed by atoms with Crippen molar-refractivity contribution in [3.63, 3.8) is 0 Å². The number of aryl methyl sites for hydroxylation is 1. The van der Waals surface area contributed by atoms with Gasteiger partial charge >= 0.3 is 0 Å². The van der Waals surface area contributed by atoms with Crippen LogP contribution in [0.5, 0.6) is 11.5 Å². The number of anilines is 1. The van der Waals surface area contributed by atoms with Crippen molar-refractivity contribution in [2.75, 3.05) is 11.6 Å². The number of halogens is 1. The van der Waals surface area contributed by atoms with Crippen molar-refractivity contribution in [3.8, 4) is 11.5 Å². The summed E-state index contributed by atoms with van der Waals surface area (Å²) in [5, 5.41) is 3.24. The molecular formula is C22H20ClNO4S. The van der Waals surface area contributed by atoms with Crippen LogP contribution in [0.1, 0.15) is 21.5 Å². The largest absolute Gasteiger partial charge is 0.455 e. The van der Waals surface area contributed by atoms with Gasteiger partial charge in [0.15, 0.2) is 15.6 Å². The Bertz CT molecular complexity index is 1160. The van der Waals surface area contributed by atoms with E-state index in [1.807, 2.05) is 31.2 Å². The Kier molecular flexibility index (Phi) is 6.25. The number of hydrogen-bond acceptors (Lipinski definition) is 4. The van der Waals surface area contributed by atoms with Gasteiger partial charge in [-0.25, -0.2) is 8.42 Å².